The maximum absolute atomic E-state index is 2.38. The summed E-state index contributed by atoms with van der Waals surface area (Å²) in [4.78, 5) is 0. The van der Waals surface area contributed by atoms with Gasteiger partial charge in [-0.15, -0.1) is 0 Å². The molecule has 0 aromatic heterocycles. The van der Waals surface area contributed by atoms with Crippen molar-refractivity contribution in [2.24, 2.45) is 0 Å². The average Bonchev–Trinajstić information content (AvgIpc) is 1.85. The molecule has 0 saturated carbocycles. The molecule has 0 saturated heterocycles. The van der Waals surface area contributed by atoms with Gasteiger partial charge < -0.3 is 0 Å². The van der Waals surface area contributed by atoms with Gasteiger partial charge in [-0.3, -0.25) is 0 Å². The Hall–Kier alpha value is 1.41. The molecule has 0 aliphatic rings. The highest BCUT2D eigenvalue weighted by Crippen LogP contribution is 2.16. The molecule has 0 nitrogen and oxygen atoms in total. The maximum atomic E-state index is 2.38. The van der Waals surface area contributed by atoms with E-state index in [1.54, 1.807) is 0 Å². The molecule has 1 aromatic carbocycles. The Morgan fingerprint density at radius 2 is 1.50 bits per heavy atom. The second-order valence-electron chi connectivity index (χ2n) is 1.91. The highest BCUT2D eigenvalue weighted by Gasteiger charge is 1.94. The quantitative estimate of drug-likeness (QED) is 0.433. The molecular weight excluding hydrogens is 465 g/mol. The van der Waals surface area contributed by atoms with E-state index in [-0.39, 0.29) is 0 Å². The lowest BCUT2D eigenvalue weighted by Crippen LogP contribution is -1.81. The van der Waals surface area contributed by atoms with Crippen LogP contribution in [0.15, 0.2) is 18.2 Å². The first-order chi connectivity index (χ1) is 4.72. The number of benzene rings is 1. The fourth-order valence-corrected chi connectivity index (χ4v) is 3.20. The first-order valence-corrected chi connectivity index (χ1v) is 6.41. The van der Waals surface area contributed by atoms with Crippen molar-refractivity contribution >= 4 is 67.8 Å². The van der Waals surface area contributed by atoms with Crippen molar-refractivity contribution in [3.63, 3.8) is 0 Å². The SMILES string of the molecule is ICc1cc(I)cc(I)c1. The summed E-state index contributed by atoms with van der Waals surface area (Å²) in [5, 5.41) is 0. The third kappa shape index (κ3) is 2.80. The van der Waals surface area contributed by atoms with Crippen molar-refractivity contribution < 1.29 is 0 Å². The monoisotopic (exact) mass is 470 g/mol. The van der Waals surface area contributed by atoms with Crippen LogP contribution in [-0.2, 0) is 4.43 Å². The van der Waals surface area contributed by atoms with E-state index in [0.717, 1.165) is 4.43 Å². The number of hydrogen-bond acceptors (Lipinski definition) is 0. The average molecular weight is 470 g/mol. The van der Waals surface area contributed by atoms with Gasteiger partial charge in [-0.2, -0.15) is 0 Å². The third-order valence-corrected chi connectivity index (χ3v) is 3.20. The Balaban J connectivity index is 3.06. The molecule has 3 heteroatoms. The summed E-state index contributed by atoms with van der Waals surface area (Å²) < 4.78 is 3.76. The second kappa shape index (κ2) is 4.44. The van der Waals surface area contributed by atoms with Gasteiger partial charge in [0.1, 0.15) is 0 Å². The van der Waals surface area contributed by atoms with Crippen molar-refractivity contribution in [3.05, 3.63) is 30.9 Å². The number of rotatable bonds is 1. The molecule has 0 spiro atoms. The standard InChI is InChI=1S/C7H5I3/c8-4-5-1-6(9)3-7(10)2-5/h1-3H,4H2. The van der Waals surface area contributed by atoms with Crippen LogP contribution in [0, 0.1) is 7.14 Å². The first-order valence-electron chi connectivity index (χ1n) is 2.73. The molecular formula is C7H5I3. The Morgan fingerprint density at radius 3 is 1.90 bits per heavy atom. The van der Waals surface area contributed by atoms with E-state index in [9.17, 15) is 0 Å². The minimum atomic E-state index is 1.10. The summed E-state index contributed by atoms with van der Waals surface area (Å²) in [6.07, 6.45) is 0. The minimum absolute atomic E-state index is 1.10. The number of hydrogen-bond donors (Lipinski definition) is 0. The van der Waals surface area contributed by atoms with Crippen molar-refractivity contribution in [2.45, 2.75) is 4.43 Å². The molecule has 54 valence electrons. The van der Waals surface area contributed by atoms with Gasteiger partial charge in [-0.25, -0.2) is 0 Å². The highest BCUT2D eigenvalue weighted by molar-refractivity contribution is 14.1. The summed E-state index contributed by atoms with van der Waals surface area (Å²) in [5.41, 5.74) is 1.41. The minimum Gasteiger partial charge on any atom is -0.0812 e. The van der Waals surface area contributed by atoms with E-state index in [1.165, 1.54) is 12.7 Å². The largest absolute Gasteiger partial charge is 0.0812 e. The van der Waals surface area contributed by atoms with Crippen LogP contribution in [-0.4, -0.2) is 0 Å². The lowest BCUT2D eigenvalue weighted by Gasteiger charge is -1.97. The summed E-state index contributed by atoms with van der Waals surface area (Å²) in [7, 11) is 0. The zero-order chi connectivity index (χ0) is 7.56. The van der Waals surface area contributed by atoms with Crippen LogP contribution in [0.3, 0.4) is 0 Å². The smallest absolute Gasteiger partial charge is 0.0247 e. The molecule has 0 amide bonds. The number of alkyl halides is 1. The summed E-state index contributed by atoms with van der Waals surface area (Å²) in [5.74, 6) is 0. The number of halogens is 3. The third-order valence-electron chi connectivity index (χ3n) is 1.08. The van der Waals surface area contributed by atoms with Crippen LogP contribution >= 0.6 is 67.8 Å². The fraction of sp³-hybridized carbons (Fsp3) is 0.143. The zero-order valence-corrected chi connectivity index (χ0v) is 11.5. The lowest BCUT2D eigenvalue weighted by atomic mass is 10.2. The highest BCUT2D eigenvalue weighted by atomic mass is 127. The molecule has 10 heavy (non-hydrogen) atoms. The maximum Gasteiger partial charge on any atom is 0.0247 e. The predicted molar refractivity (Wildman–Crippen MR) is 69.6 cm³/mol. The molecule has 0 atom stereocenters. The summed E-state index contributed by atoms with van der Waals surface area (Å²) in [6.45, 7) is 0. The summed E-state index contributed by atoms with van der Waals surface area (Å²) >= 11 is 7.07. The summed E-state index contributed by atoms with van der Waals surface area (Å²) in [6, 6.07) is 6.61. The van der Waals surface area contributed by atoms with Crippen LogP contribution in [0.4, 0.5) is 0 Å². The second-order valence-corrected chi connectivity index (χ2v) is 5.17. The van der Waals surface area contributed by atoms with E-state index < -0.39 is 0 Å². The van der Waals surface area contributed by atoms with Crippen LogP contribution in [0.5, 0.6) is 0 Å². The predicted octanol–water partition coefficient (Wildman–Crippen LogP) is 3.83. The Labute approximate surface area is 102 Å². The van der Waals surface area contributed by atoms with Crippen molar-refractivity contribution in [1.82, 2.24) is 0 Å². The molecule has 1 aromatic rings. The molecule has 1 rings (SSSR count). The van der Waals surface area contributed by atoms with E-state index in [4.69, 9.17) is 0 Å². The fourth-order valence-electron chi connectivity index (χ4n) is 0.688. The van der Waals surface area contributed by atoms with E-state index in [1.807, 2.05) is 0 Å². The van der Waals surface area contributed by atoms with Gasteiger partial charge in [-0.1, -0.05) is 22.6 Å². The molecule has 0 bridgehead atoms. The van der Waals surface area contributed by atoms with Crippen molar-refractivity contribution in [2.75, 3.05) is 0 Å². The van der Waals surface area contributed by atoms with Gasteiger partial charge in [-0.05, 0) is 68.9 Å². The van der Waals surface area contributed by atoms with Gasteiger partial charge in [0.05, 0.1) is 0 Å². The van der Waals surface area contributed by atoms with Crippen molar-refractivity contribution in [3.8, 4) is 0 Å². The Kier molecular flexibility index (Phi) is 4.22. The van der Waals surface area contributed by atoms with E-state index in [0.29, 0.717) is 0 Å². The van der Waals surface area contributed by atoms with Crippen LogP contribution in [0.2, 0.25) is 0 Å². The Bertz CT molecular complexity index is 212. The molecule has 0 fully saturated rings. The normalized spacial score (nSPS) is 9.90. The van der Waals surface area contributed by atoms with E-state index >= 15 is 0 Å². The molecule has 0 unspecified atom stereocenters. The first kappa shape index (κ1) is 9.50. The van der Waals surface area contributed by atoms with E-state index in [2.05, 4.69) is 86.0 Å². The lowest BCUT2D eigenvalue weighted by molar-refractivity contribution is 1.41. The van der Waals surface area contributed by atoms with Gasteiger partial charge in [0.25, 0.3) is 0 Å². The topological polar surface area (TPSA) is 0 Å². The Morgan fingerprint density at radius 1 is 1.00 bits per heavy atom. The zero-order valence-electron chi connectivity index (χ0n) is 5.07. The molecule has 0 aliphatic heterocycles. The van der Waals surface area contributed by atoms with Crippen molar-refractivity contribution in [1.29, 1.82) is 0 Å². The molecule has 0 aliphatic carbocycles. The van der Waals surface area contributed by atoms with Gasteiger partial charge >= 0.3 is 0 Å². The van der Waals surface area contributed by atoms with Gasteiger partial charge in [0.15, 0.2) is 0 Å². The van der Waals surface area contributed by atoms with Crippen LogP contribution < -0.4 is 0 Å². The van der Waals surface area contributed by atoms with Crippen LogP contribution in [0.1, 0.15) is 5.56 Å². The molecule has 0 N–H and O–H groups in total. The molecule has 0 radical (unpaired) electrons. The molecule has 0 heterocycles. The van der Waals surface area contributed by atoms with Gasteiger partial charge in [0, 0.05) is 11.6 Å². The van der Waals surface area contributed by atoms with Crippen LogP contribution in [0.25, 0.3) is 0 Å². The van der Waals surface area contributed by atoms with Gasteiger partial charge in [0.2, 0.25) is 0 Å².